The summed E-state index contributed by atoms with van der Waals surface area (Å²) in [6.45, 7) is -1.68. The van der Waals surface area contributed by atoms with Gasteiger partial charge in [0.05, 0.1) is 36.9 Å². The Balaban J connectivity index is 1.17. The number of fused-ring (bicyclic) bond motifs is 4. The number of aromatic amines is 1. The Hall–Kier alpha value is -3.13. The molecule has 10 unspecified atom stereocenters. The normalized spacial score (nSPS) is 38.3. The summed E-state index contributed by atoms with van der Waals surface area (Å²) in [6.07, 6.45) is -10.8. The lowest BCUT2D eigenvalue weighted by atomic mass is 10.1. The molecule has 7 rings (SSSR count). The van der Waals surface area contributed by atoms with Crippen molar-refractivity contribution in [1.29, 1.82) is 0 Å². The zero-order chi connectivity index (χ0) is 31.0. The van der Waals surface area contributed by atoms with Gasteiger partial charge in [-0.25, -0.2) is 23.5 Å². The molecule has 0 amide bonds. The summed E-state index contributed by atoms with van der Waals surface area (Å²) in [6, 6.07) is 6.90. The van der Waals surface area contributed by atoms with Crippen LogP contribution in [0.4, 0.5) is 10.3 Å². The quantitative estimate of drug-likeness (QED) is 0.181. The van der Waals surface area contributed by atoms with Crippen LogP contribution in [0.2, 0.25) is 0 Å². The first-order valence-electron chi connectivity index (χ1n) is 13.0. The maximum absolute atomic E-state index is 15.9. The van der Waals surface area contributed by atoms with Crippen molar-refractivity contribution in [3.63, 3.8) is 0 Å². The monoisotopic (exact) mass is 659 g/mol. The molecule has 1 aromatic carbocycles. The van der Waals surface area contributed by atoms with Crippen LogP contribution in [0.3, 0.4) is 0 Å². The highest BCUT2D eigenvalue weighted by Crippen LogP contribution is 2.54. The summed E-state index contributed by atoms with van der Waals surface area (Å²) in [5, 5.41) is 11.1. The van der Waals surface area contributed by atoms with E-state index in [9.17, 15) is 28.8 Å². The highest BCUT2D eigenvalue weighted by Gasteiger charge is 2.54. The lowest BCUT2D eigenvalue weighted by Gasteiger charge is -2.27. The molecular formula is C22H24FN7O12P2. The standard InChI is InChI=1S/C22H24FN7O12P2/c23-13-16-11(39-20(13)30-8-26-14-18(30)27-22(24)28-19(14)32)5-37-44(35,36)42-17-12(6-38-43(33,34)41-16)40-21(15(17)31)29-7-25-9-3-1-2-4-10(9)29/h1-4,7-8,11-13,15-17,20-21,31H,5-6H2,(H,33,34)(H,35,36)(H3,24,27,28,32). The van der Waals surface area contributed by atoms with Crippen molar-refractivity contribution < 1.29 is 56.0 Å². The molecule has 0 spiro atoms. The van der Waals surface area contributed by atoms with Crippen LogP contribution in [-0.4, -0.2) is 93.9 Å². The van der Waals surface area contributed by atoms with Gasteiger partial charge in [-0.1, -0.05) is 12.1 Å². The van der Waals surface area contributed by atoms with Crippen LogP contribution in [0.25, 0.3) is 22.2 Å². The van der Waals surface area contributed by atoms with Gasteiger partial charge in [-0.3, -0.25) is 32.4 Å². The number of nitrogens with two attached hydrogens (primary N) is 1. The molecule has 6 N–H and O–H groups in total. The van der Waals surface area contributed by atoms with Gasteiger partial charge in [-0.15, -0.1) is 0 Å². The van der Waals surface area contributed by atoms with E-state index in [2.05, 4.69) is 19.9 Å². The third-order valence-corrected chi connectivity index (χ3v) is 9.34. The van der Waals surface area contributed by atoms with Gasteiger partial charge in [0.15, 0.2) is 29.8 Å². The van der Waals surface area contributed by atoms with E-state index in [1.165, 1.54) is 10.9 Å². The summed E-state index contributed by atoms with van der Waals surface area (Å²) in [5.41, 5.74) is 5.64. The van der Waals surface area contributed by atoms with Gasteiger partial charge in [0.2, 0.25) is 5.95 Å². The third kappa shape index (κ3) is 5.17. The van der Waals surface area contributed by atoms with E-state index in [1.54, 1.807) is 24.3 Å². The van der Waals surface area contributed by atoms with Gasteiger partial charge in [0.25, 0.3) is 5.56 Å². The number of halogens is 1. The molecule has 22 heteroatoms. The van der Waals surface area contributed by atoms with E-state index >= 15 is 4.39 Å². The number of alkyl halides is 1. The molecule has 3 fully saturated rings. The van der Waals surface area contributed by atoms with E-state index in [0.29, 0.717) is 11.0 Å². The Bertz CT molecular complexity index is 1890. The summed E-state index contributed by atoms with van der Waals surface area (Å²) in [7, 11) is -10.1. The first-order valence-corrected chi connectivity index (χ1v) is 16.0. The molecule has 0 aliphatic carbocycles. The number of hydrogen-bond acceptors (Lipinski definition) is 14. The van der Waals surface area contributed by atoms with Crippen molar-refractivity contribution in [3.8, 4) is 0 Å². The zero-order valence-electron chi connectivity index (χ0n) is 22.1. The lowest BCUT2D eigenvalue weighted by molar-refractivity contribution is -0.0662. The van der Waals surface area contributed by atoms with Gasteiger partial charge >= 0.3 is 15.6 Å². The number of phosphoric ester groups is 2. The largest absolute Gasteiger partial charge is 0.472 e. The number of aliphatic hydroxyl groups is 1. The molecule has 0 radical (unpaired) electrons. The second kappa shape index (κ2) is 10.7. The second-order valence-corrected chi connectivity index (χ2v) is 13.0. The molecule has 10 atom stereocenters. The maximum atomic E-state index is 15.9. The number of anilines is 1. The summed E-state index contributed by atoms with van der Waals surface area (Å²) in [4.78, 5) is 47.6. The van der Waals surface area contributed by atoms with Crippen LogP contribution in [0.5, 0.6) is 0 Å². The fourth-order valence-corrected chi connectivity index (χ4v) is 7.33. The second-order valence-electron chi connectivity index (χ2n) is 10.1. The van der Waals surface area contributed by atoms with Gasteiger partial charge < -0.3 is 34.7 Å². The number of rotatable bonds is 2. The Morgan fingerprint density at radius 1 is 0.955 bits per heavy atom. The topological polar surface area (TPSA) is 258 Å². The average Bonchev–Trinajstić information content (AvgIpc) is 3.72. The molecule has 0 bridgehead atoms. The molecule has 3 aliphatic heterocycles. The highest BCUT2D eigenvalue weighted by atomic mass is 31.2. The number of phosphoric acid groups is 2. The molecule has 44 heavy (non-hydrogen) atoms. The van der Waals surface area contributed by atoms with Crippen LogP contribution in [0.15, 0.2) is 41.7 Å². The average molecular weight is 659 g/mol. The first-order chi connectivity index (χ1) is 20.9. The molecule has 4 aromatic rings. The number of hydrogen-bond donors (Lipinski definition) is 5. The first kappa shape index (κ1) is 29.6. The fourth-order valence-electron chi connectivity index (χ4n) is 5.41. The third-order valence-electron chi connectivity index (χ3n) is 7.37. The highest BCUT2D eigenvalue weighted by molar-refractivity contribution is 7.47. The smallest absolute Gasteiger partial charge is 0.386 e. The Labute approximate surface area is 244 Å². The number of aromatic nitrogens is 6. The Morgan fingerprint density at radius 2 is 1.59 bits per heavy atom. The number of aliphatic hydroxyl groups excluding tert-OH is 1. The van der Waals surface area contributed by atoms with Gasteiger partial charge in [0.1, 0.15) is 30.5 Å². The molecular weight excluding hydrogens is 635 g/mol. The number of imidazole rings is 2. The molecule has 6 heterocycles. The fraction of sp³-hybridized carbons (Fsp3) is 0.455. The number of nitrogen functional groups attached to an aromatic ring is 1. The van der Waals surface area contributed by atoms with E-state index in [0.717, 1.165) is 10.9 Å². The van der Waals surface area contributed by atoms with Crippen LogP contribution in [-0.2, 0) is 36.7 Å². The van der Waals surface area contributed by atoms with Crippen LogP contribution in [0.1, 0.15) is 12.5 Å². The van der Waals surface area contributed by atoms with Crippen LogP contribution < -0.4 is 11.3 Å². The van der Waals surface area contributed by atoms with Crippen LogP contribution in [0, 0.1) is 0 Å². The van der Waals surface area contributed by atoms with Crippen molar-refractivity contribution in [3.05, 3.63) is 47.3 Å². The SMILES string of the molecule is Nc1nc2c(ncn2C2OC3COP(=O)(O)OC4C(COP(=O)(O)OC3C2F)OC(n2cnc3ccccc32)C4O)c(=O)[nH]1. The zero-order valence-corrected chi connectivity index (χ0v) is 23.9. The Morgan fingerprint density at radius 3 is 2.34 bits per heavy atom. The number of nitrogens with one attached hydrogen (secondary N) is 1. The molecule has 19 nitrogen and oxygen atoms in total. The molecule has 236 valence electrons. The maximum Gasteiger partial charge on any atom is 0.472 e. The number of benzene rings is 1. The minimum absolute atomic E-state index is 0.170. The van der Waals surface area contributed by atoms with E-state index in [4.69, 9.17) is 33.3 Å². The predicted octanol–water partition coefficient (Wildman–Crippen LogP) is 0.263. The van der Waals surface area contributed by atoms with E-state index in [1.807, 2.05) is 0 Å². The van der Waals surface area contributed by atoms with Crippen molar-refractivity contribution in [2.45, 2.75) is 49.1 Å². The summed E-state index contributed by atoms with van der Waals surface area (Å²) in [5.74, 6) is -0.297. The van der Waals surface area contributed by atoms with Crippen molar-refractivity contribution in [2.75, 3.05) is 18.9 Å². The Kier molecular flexibility index (Phi) is 7.22. The summed E-state index contributed by atoms with van der Waals surface area (Å²) < 4.78 is 76.5. The minimum atomic E-state index is -5.09. The molecule has 3 saturated heterocycles. The summed E-state index contributed by atoms with van der Waals surface area (Å²) >= 11 is 0. The lowest BCUT2D eigenvalue weighted by Crippen LogP contribution is -2.38. The number of para-hydroxylation sites is 2. The number of nitrogens with zero attached hydrogens (tertiary/aromatic N) is 5. The van der Waals surface area contributed by atoms with E-state index < -0.39 is 83.6 Å². The molecule has 0 saturated carbocycles. The molecule has 3 aromatic heterocycles. The van der Waals surface area contributed by atoms with Crippen molar-refractivity contribution >= 4 is 43.8 Å². The number of ether oxygens (including phenoxy) is 2. The predicted molar refractivity (Wildman–Crippen MR) is 142 cm³/mol. The van der Waals surface area contributed by atoms with Gasteiger partial charge in [-0.05, 0) is 12.1 Å². The molecule has 3 aliphatic rings. The van der Waals surface area contributed by atoms with Crippen molar-refractivity contribution in [2.24, 2.45) is 0 Å². The minimum Gasteiger partial charge on any atom is -0.386 e. The van der Waals surface area contributed by atoms with Crippen molar-refractivity contribution in [1.82, 2.24) is 29.1 Å². The van der Waals surface area contributed by atoms with Crippen LogP contribution >= 0.6 is 15.6 Å². The van der Waals surface area contributed by atoms with Gasteiger partial charge in [-0.2, -0.15) is 4.98 Å². The van der Waals surface area contributed by atoms with Gasteiger partial charge in [0, 0.05) is 0 Å². The van der Waals surface area contributed by atoms with E-state index in [-0.39, 0.29) is 17.1 Å². The number of H-pyrrole nitrogens is 1.